The van der Waals surface area contributed by atoms with Crippen LogP contribution in [0.1, 0.15) is 49.5 Å². The Labute approximate surface area is 114 Å². The number of hydrogen-bond acceptors (Lipinski definition) is 4. The van der Waals surface area contributed by atoms with Crippen LogP contribution in [0.4, 0.5) is 0 Å². The Bertz CT molecular complexity index is 495. The molecule has 0 amide bonds. The van der Waals surface area contributed by atoms with E-state index in [1.807, 2.05) is 13.0 Å². The standard InChI is InChI=1S/C15H21N3O/c1-4-10-16-14(13-8-6-5-7-9-13)11(2)15-17-12(3)18-19-15/h5-9,11,14,16H,4,10H2,1-3H3. The quantitative estimate of drug-likeness (QED) is 0.865. The lowest BCUT2D eigenvalue weighted by Crippen LogP contribution is -2.26. The van der Waals surface area contributed by atoms with Crippen molar-refractivity contribution in [3.8, 4) is 0 Å². The van der Waals surface area contributed by atoms with E-state index >= 15 is 0 Å². The summed E-state index contributed by atoms with van der Waals surface area (Å²) in [7, 11) is 0. The summed E-state index contributed by atoms with van der Waals surface area (Å²) in [4.78, 5) is 4.35. The van der Waals surface area contributed by atoms with Crippen molar-refractivity contribution in [1.82, 2.24) is 15.5 Å². The van der Waals surface area contributed by atoms with Crippen molar-refractivity contribution in [2.75, 3.05) is 6.54 Å². The van der Waals surface area contributed by atoms with Crippen molar-refractivity contribution in [2.24, 2.45) is 0 Å². The zero-order valence-corrected chi connectivity index (χ0v) is 11.8. The van der Waals surface area contributed by atoms with E-state index in [-0.39, 0.29) is 12.0 Å². The molecule has 1 heterocycles. The Hall–Kier alpha value is -1.68. The Balaban J connectivity index is 2.22. The van der Waals surface area contributed by atoms with Gasteiger partial charge in [-0.3, -0.25) is 0 Å². The lowest BCUT2D eigenvalue weighted by molar-refractivity contribution is 0.324. The van der Waals surface area contributed by atoms with Gasteiger partial charge in [0.2, 0.25) is 5.89 Å². The third kappa shape index (κ3) is 3.41. The molecule has 2 unspecified atom stereocenters. The molecule has 0 radical (unpaired) electrons. The van der Waals surface area contributed by atoms with Gasteiger partial charge in [0.25, 0.3) is 0 Å². The molecule has 2 aromatic rings. The maximum absolute atomic E-state index is 5.31. The van der Waals surface area contributed by atoms with Gasteiger partial charge in [-0.15, -0.1) is 0 Å². The molecule has 2 rings (SSSR count). The molecule has 0 fully saturated rings. The summed E-state index contributed by atoms with van der Waals surface area (Å²) in [6.07, 6.45) is 1.10. The number of hydrogen-bond donors (Lipinski definition) is 1. The van der Waals surface area contributed by atoms with Gasteiger partial charge in [0.05, 0.1) is 5.92 Å². The van der Waals surface area contributed by atoms with Gasteiger partial charge in [-0.05, 0) is 25.5 Å². The van der Waals surface area contributed by atoms with Gasteiger partial charge in [0, 0.05) is 6.04 Å². The third-order valence-corrected chi connectivity index (χ3v) is 3.21. The van der Waals surface area contributed by atoms with Crippen LogP contribution >= 0.6 is 0 Å². The first kappa shape index (κ1) is 13.7. The van der Waals surface area contributed by atoms with Crippen LogP contribution in [0.15, 0.2) is 34.9 Å². The second-order valence-corrected chi connectivity index (χ2v) is 4.81. The first-order chi connectivity index (χ1) is 9.22. The molecule has 102 valence electrons. The lowest BCUT2D eigenvalue weighted by atomic mass is 9.94. The summed E-state index contributed by atoms with van der Waals surface area (Å²) in [5.74, 6) is 1.52. The molecule has 1 N–H and O–H groups in total. The molecule has 0 aliphatic carbocycles. The van der Waals surface area contributed by atoms with Crippen molar-refractivity contribution in [2.45, 2.75) is 39.2 Å². The Morgan fingerprint density at radius 2 is 2.00 bits per heavy atom. The first-order valence-electron chi connectivity index (χ1n) is 6.81. The highest BCUT2D eigenvalue weighted by Crippen LogP contribution is 2.29. The van der Waals surface area contributed by atoms with Gasteiger partial charge in [0.15, 0.2) is 5.82 Å². The predicted molar refractivity (Wildman–Crippen MR) is 74.9 cm³/mol. The van der Waals surface area contributed by atoms with Gasteiger partial charge < -0.3 is 9.84 Å². The van der Waals surface area contributed by atoms with Crippen LogP contribution in [0.25, 0.3) is 0 Å². The normalized spacial score (nSPS) is 14.3. The summed E-state index contributed by atoms with van der Waals surface area (Å²) in [5, 5.41) is 7.45. The topological polar surface area (TPSA) is 51.0 Å². The molecule has 1 aromatic carbocycles. The molecule has 0 spiro atoms. The maximum Gasteiger partial charge on any atom is 0.231 e. The maximum atomic E-state index is 5.31. The van der Waals surface area contributed by atoms with E-state index in [2.05, 4.69) is 53.6 Å². The van der Waals surface area contributed by atoms with Crippen LogP contribution in [-0.2, 0) is 0 Å². The number of aryl methyl sites for hydroxylation is 1. The molecule has 19 heavy (non-hydrogen) atoms. The van der Waals surface area contributed by atoms with E-state index in [1.165, 1.54) is 5.56 Å². The van der Waals surface area contributed by atoms with Gasteiger partial charge in [-0.1, -0.05) is 49.3 Å². The van der Waals surface area contributed by atoms with E-state index in [4.69, 9.17) is 4.52 Å². The number of aromatic nitrogens is 2. The monoisotopic (exact) mass is 259 g/mol. The minimum absolute atomic E-state index is 0.148. The molecule has 4 heteroatoms. The zero-order chi connectivity index (χ0) is 13.7. The van der Waals surface area contributed by atoms with Crippen LogP contribution in [0.3, 0.4) is 0 Å². The van der Waals surface area contributed by atoms with Crippen molar-refractivity contribution >= 4 is 0 Å². The SMILES string of the molecule is CCCNC(c1ccccc1)C(C)c1nc(C)no1. The molecule has 0 saturated heterocycles. The predicted octanol–water partition coefficient (Wildman–Crippen LogP) is 3.22. The number of nitrogens with zero attached hydrogens (tertiary/aromatic N) is 2. The lowest BCUT2D eigenvalue weighted by Gasteiger charge is -2.23. The highest BCUT2D eigenvalue weighted by Gasteiger charge is 2.24. The summed E-state index contributed by atoms with van der Waals surface area (Å²) in [6, 6.07) is 10.6. The molecule has 0 aliphatic heterocycles. The minimum Gasteiger partial charge on any atom is -0.339 e. The zero-order valence-electron chi connectivity index (χ0n) is 11.8. The van der Waals surface area contributed by atoms with Crippen molar-refractivity contribution in [3.63, 3.8) is 0 Å². The molecular weight excluding hydrogens is 238 g/mol. The molecule has 0 saturated carbocycles. The highest BCUT2D eigenvalue weighted by molar-refractivity contribution is 5.22. The van der Waals surface area contributed by atoms with Gasteiger partial charge >= 0.3 is 0 Å². The largest absolute Gasteiger partial charge is 0.339 e. The summed E-state index contributed by atoms with van der Waals surface area (Å²) < 4.78 is 5.31. The summed E-state index contributed by atoms with van der Waals surface area (Å²) in [6.45, 7) is 7.09. The minimum atomic E-state index is 0.148. The van der Waals surface area contributed by atoms with E-state index in [0.29, 0.717) is 11.7 Å². The molecule has 0 aliphatic rings. The number of benzene rings is 1. The van der Waals surface area contributed by atoms with Crippen molar-refractivity contribution in [1.29, 1.82) is 0 Å². The van der Waals surface area contributed by atoms with Crippen LogP contribution in [0.5, 0.6) is 0 Å². The molecule has 0 bridgehead atoms. The first-order valence-corrected chi connectivity index (χ1v) is 6.81. The number of nitrogens with one attached hydrogen (secondary N) is 1. The van der Waals surface area contributed by atoms with E-state index in [9.17, 15) is 0 Å². The Morgan fingerprint density at radius 3 is 2.58 bits per heavy atom. The fraction of sp³-hybridized carbons (Fsp3) is 0.467. The second-order valence-electron chi connectivity index (χ2n) is 4.81. The fourth-order valence-electron chi connectivity index (χ4n) is 2.18. The highest BCUT2D eigenvalue weighted by atomic mass is 16.5. The van der Waals surface area contributed by atoms with Crippen molar-refractivity contribution in [3.05, 3.63) is 47.6 Å². The second kappa shape index (κ2) is 6.48. The van der Waals surface area contributed by atoms with Crippen molar-refractivity contribution < 1.29 is 4.52 Å². The van der Waals surface area contributed by atoms with Crippen LogP contribution in [-0.4, -0.2) is 16.7 Å². The smallest absolute Gasteiger partial charge is 0.231 e. The van der Waals surface area contributed by atoms with E-state index in [1.54, 1.807) is 0 Å². The molecule has 1 aromatic heterocycles. The van der Waals surface area contributed by atoms with Crippen LogP contribution in [0, 0.1) is 6.92 Å². The summed E-state index contributed by atoms with van der Waals surface area (Å²) >= 11 is 0. The van der Waals surface area contributed by atoms with Gasteiger partial charge in [0.1, 0.15) is 0 Å². The van der Waals surface area contributed by atoms with E-state index in [0.717, 1.165) is 13.0 Å². The number of rotatable bonds is 6. The average molecular weight is 259 g/mol. The average Bonchev–Trinajstić information content (AvgIpc) is 2.87. The summed E-state index contributed by atoms with van der Waals surface area (Å²) in [5.41, 5.74) is 1.25. The Morgan fingerprint density at radius 1 is 1.26 bits per heavy atom. The molecular formula is C15H21N3O. The van der Waals surface area contributed by atoms with Gasteiger partial charge in [-0.2, -0.15) is 4.98 Å². The van der Waals surface area contributed by atoms with Crippen LogP contribution in [0.2, 0.25) is 0 Å². The Kier molecular flexibility index (Phi) is 4.68. The molecule has 4 nitrogen and oxygen atoms in total. The molecule has 2 atom stereocenters. The van der Waals surface area contributed by atoms with Crippen LogP contribution < -0.4 is 5.32 Å². The van der Waals surface area contributed by atoms with Gasteiger partial charge in [-0.25, -0.2) is 0 Å². The van der Waals surface area contributed by atoms with E-state index < -0.39 is 0 Å². The fourth-order valence-corrected chi connectivity index (χ4v) is 2.18. The third-order valence-electron chi connectivity index (χ3n) is 3.21.